The number of nitrogens with one attached hydrogen (secondary N) is 2. The molecule has 1 aromatic rings. The van der Waals surface area contributed by atoms with Gasteiger partial charge >= 0.3 is 0 Å². The molecule has 0 aliphatic rings. The van der Waals surface area contributed by atoms with Crippen molar-refractivity contribution in [3.05, 3.63) is 34.2 Å². The first-order valence-corrected chi connectivity index (χ1v) is 6.08. The maximum atomic E-state index is 11.4. The third kappa shape index (κ3) is 3.83. The highest BCUT2D eigenvalue weighted by Crippen LogP contribution is 1.88. The molecule has 7 nitrogen and oxygen atoms in total. The van der Waals surface area contributed by atoms with Crippen LogP contribution in [0.25, 0.3) is 0 Å². The number of carbonyl (C=O) groups is 1. The molecule has 0 spiro atoms. The van der Waals surface area contributed by atoms with E-state index in [9.17, 15) is 18.0 Å². The number of pyridine rings is 1. The largest absolute Gasteiger partial charge is 0.351 e. The molecule has 16 heavy (non-hydrogen) atoms. The van der Waals surface area contributed by atoms with Gasteiger partial charge in [-0.1, -0.05) is 0 Å². The molecule has 1 heterocycles. The summed E-state index contributed by atoms with van der Waals surface area (Å²) in [4.78, 5) is 24.9. The fourth-order valence-electron chi connectivity index (χ4n) is 1.00. The summed E-state index contributed by atoms with van der Waals surface area (Å²) in [5.41, 5.74) is -0.604. The van der Waals surface area contributed by atoms with E-state index in [1.807, 2.05) is 0 Å². The smallest absolute Gasteiger partial charge is 0.260 e. The third-order valence-electron chi connectivity index (χ3n) is 1.73. The Morgan fingerprint density at radius 1 is 1.50 bits per heavy atom. The van der Waals surface area contributed by atoms with E-state index in [-0.39, 0.29) is 17.9 Å². The van der Waals surface area contributed by atoms with E-state index >= 15 is 0 Å². The van der Waals surface area contributed by atoms with Gasteiger partial charge in [-0.2, -0.15) is 0 Å². The molecule has 8 heteroatoms. The molecule has 0 saturated carbocycles. The molecule has 0 atom stereocenters. The second-order valence-corrected chi connectivity index (χ2v) is 4.77. The number of hydrogen-bond acceptors (Lipinski definition) is 4. The van der Waals surface area contributed by atoms with Gasteiger partial charge in [0.25, 0.3) is 11.5 Å². The zero-order valence-electron chi connectivity index (χ0n) is 8.26. The van der Waals surface area contributed by atoms with E-state index in [1.165, 1.54) is 18.3 Å². The lowest BCUT2D eigenvalue weighted by Crippen LogP contribution is -2.34. The molecule has 1 rings (SSSR count). The van der Waals surface area contributed by atoms with Gasteiger partial charge in [0.05, 0.1) is 5.75 Å². The molecule has 88 valence electrons. The Morgan fingerprint density at radius 2 is 2.19 bits per heavy atom. The number of primary sulfonamides is 1. The fraction of sp³-hybridized carbons (Fsp3) is 0.250. The summed E-state index contributed by atoms with van der Waals surface area (Å²) in [5, 5.41) is 7.02. The van der Waals surface area contributed by atoms with Crippen molar-refractivity contribution in [1.82, 2.24) is 10.3 Å². The van der Waals surface area contributed by atoms with Crippen molar-refractivity contribution in [2.45, 2.75) is 0 Å². The molecule has 0 aliphatic heterocycles. The van der Waals surface area contributed by atoms with Gasteiger partial charge in [-0.05, 0) is 12.1 Å². The SMILES string of the molecule is NS(=O)(=O)CCNC(=O)c1ccc[nH]c1=O. The second kappa shape index (κ2) is 4.90. The van der Waals surface area contributed by atoms with Gasteiger partial charge in [0.2, 0.25) is 10.0 Å². The van der Waals surface area contributed by atoms with Crippen molar-refractivity contribution in [1.29, 1.82) is 0 Å². The molecule has 0 radical (unpaired) electrons. The Labute approximate surface area is 91.7 Å². The Balaban J connectivity index is 2.61. The molecule has 0 bridgehead atoms. The zero-order chi connectivity index (χ0) is 12.2. The number of aromatic amines is 1. The van der Waals surface area contributed by atoms with Gasteiger partial charge < -0.3 is 10.3 Å². The molecule has 0 fully saturated rings. The number of carbonyl (C=O) groups excluding carboxylic acids is 1. The van der Waals surface area contributed by atoms with Gasteiger partial charge in [0.1, 0.15) is 5.56 Å². The van der Waals surface area contributed by atoms with E-state index in [0.29, 0.717) is 0 Å². The Morgan fingerprint density at radius 3 is 2.75 bits per heavy atom. The normalized spacial score (nSPS) is 11.1. The van der Waals surface area contributed by atoms with E-state index in [0.717, 1.165) is 0 Å². The van der Waals surface area contributed by atoms with Crippen LogP contribution in [-0.4, -0.2) is 31.6 Å². The van der Waals surface area contributed by atoms with Crippen molar-refractivity contribution < 1.29 is 13.2 Å². The maximum Gasteiger partial charge on any atom is 0.260 e. The molecule has 0 aliphatic carbocycles. The monoisotopic (exact) mass is 245 g/mol. The number of hydrogen-bond donors (Lipinski definition) is 3. The minimum atomic E-state index is -3.61. The van der Waals surface area contributed by atoms with Gasteiger partial charge in [-0.15, -0.1) is 0 Å². The molecular formula is C8H11N3O4S. The summed E-state index contributed by atoms with van der Waals surface area (Å²) in [7, 11) is -3.61. The van der Waals surface area contributed by atoms with E-state index in [4.69, 9.17) is 5.14 Å². The first kappa shape index (κ1) is 12.4. The second-order valence-electron chi connectivity index (χ2n) is 3.04. The van der Waals surface area contributed by atoms with Crippen molar-refractivity contribution in [2.75, 3.05) is 12.3 Å². The summed E-state index contributed by atoms with van der Waals surface area (Å²) in [6.45, 7) is -0.133. The number of H-pyrrole nitrogens is 1. The Hall–Kier alpha value is -1.67. The highest BCUT2D eigenvalue weighted by molar-refractivity contribution is 7.89. The molecule has 4 N–H and O–H groups in total. The summed E-state index contributed by atoms with van der Waals surface area (Å²) >= 11 is 0. The van der Waals surface area contributed by atoms with Crippen LogP contribution in [0.4, 0.5) is 0 Å². The molecule has 1 aromatic heterocycles. The third-order valence-corrected chi connectivity index (χ3v) is 2.51. The van der Waals surface area contributed by atoms with Crippen LogP contribution in [-0.2, 0) is 10.0 Å². The number of amides is 1. The minimum Gasteiger partial charge on any atom is -0.351 e. The van der Waals surface area contributed by atoms with E-state index < -0.39 is 21.5 Å². The zero-order valence-corrected chi connectivity index (χ0v) is 9.08. The molecule has 0 aromatic carbocycles. The summed E-state index contributed by atoms with van der Waals surface area (Å²) in [5.74, 6) is -1.01. The molecule has 0 saturated heterocycles. The average Bonchev–Trinajstić information content (AvgIpc) is 2.16. The quantitative estimate of drug-likeness (QED) is 0.590. The van der Waals surface area contributed by atoms with Crippen LogP contribution in [0.1, 0.15) is 10.4 Å². The fourth-order valence-corrected chi connectivity index (χ4v) is 1.39. The topological polar surface area (TPSA) is 122 Å². The number of aromatic nitrogens is 1. The molecule has 0 unspecified atom stereocenters. The first-order valence-electron chi connectivity index (χ1n) is 4.36. The van der Waals surface area contributed by atoms with Crippen LogP contribution >= 0.6 is 0 Å². The van der Waals surface area contributed by atoms with Crippen molar-refractivity contribution in [3.8, 4) is 0 Å². The van der Waals surface area contributed by atoms with Crippen LogP contribution < -0.4 is 16.0 Å². The van der Waals surface area contributed by atoms with Gasteiger partial charge in [-0.3, -0.25) is 9.59 Å². The van der Waals surface area contributed by atoms with E-state index in [2.05, 4.69) is 10.3 Å². The molecular weight excluding hydrogens is 234 g/mol. The molecule has 1 amide bonds. The summed E-state index contributed by atoms with van der Waals surface area (Å²) in [6, 6.07) is 2.83. The predicted octanol–water partition coefficient (Wildman–Crippen LogP) is -1.61. The van der Waals surface area contributed by atoms with E-state index in [1.54, 1.807) is 0 Å². The lowest BCUT2D eigenvalue weighted by molar-refractivity contribution is 0.0954. The Bertz CT molecular complexity index is 534. The average molecular weight is 245 g/mol. The van der Waals surface area contributed by atoms with Gasteiger partial charge in [-0.25, -0.2) is 13.6 Å². The van der Waals surface area contributed by atoms with Crippen LogP contribution in [0, 0.1) is 0 Å². The lowest BCUT2D eigenvalue weighted by atomic mass is 10.2. The van der Waals surface area contributed by atoms with Crippen LogP contribution in [0.3, 0.4) is 0 Å². The Kier molecular flexibility index (Phi) is 3.80. The van der Waals surface area contributed by atoms with Gasteiger partial charge in [0, 0.05) is 12.7 Å². The highest BCUT2D eigenvalue weighted by Gasteiger charge is 2.10. The number of rotatable bonds is 4. The summed E-state index contributed by atoms with van der Waals surface area (Å²) in [6.07, 6.45) is 1.39. The highest BCUT2D eigenvalue weighted by atomic mass is 32.2. The van der Waals surface area contributed by atoms with Crippen LogP contribution in [0.2, 0.25) is 0 Å². The standard InChI is InChI=1S/C8H11N3O4S/c9-16(14,15)5-4-11-8(13)6-2-1-3-10-7(6)12/h1-3H,4-5H2,(H,10,12)(H,11,13)(H2,9,14,15). The van der Waals surface area contributed by atoms with Crippen molar-refractivity contribution >= 4 is 15.9 Å². The predicted molar refractivity (Wildman–Crippen MR) is 57.4 cm³/mol. The minimum absolute atomic E-state index is 0.0723. The summed E-state index contributed by atoms with van der Waals surface area (Å²) < 4.78 is 21.1. The number of sulfonamides is 1. The van der Waals surface area contributed by atoms with Crippen molar-refractivity contribution in [2.24, 2.45) is 5.14 Å². The van der Waals surface area contributed by atoms with Crippen LogP contribution in [0.5, 0.6) is 0 Å². The van der Waals surface area contributed by atoms with Crippen LogP contribution in [0.15, 0.2) is 23.1 Å². The lowest BCUT2D eigenvalue weighted by Gasteiger charge is -2.02. The first-order chi connectivity index (χ1) is 7.40. The van der Waals surface area contributed by atoms with Gasteiger partial charge in [0.15, 0.2) is 0 Å². The number of nitrogens with two attached hydrogens (primary N) is 1. The maximum absolute atomic E-state index is 11.4. The van der Waals surface area contributed by atoms with Crippen molar-refractivity contribution in [3.63, 3.8) is 0 Å².